The highest BCUT2D eigenvalue weighted by Crippen LogP contribution is 2.21. The van der Waals surface area contributed by atoms with Crippen molar-refractivity contribution in [1.82, 2.24) is 9.78 Å². The van der Waals surface area contributed by atoms with Crippen LogP contribution in [-0.2, 0) is 7.05 Å². The Labute approximate surface area is 99.2 Å². The van der Waals surface area contributed by atoms with E-state index >= 15 is 0 Å². The molecule has 5 heteroatoms. The third-order valence-corrected chi connectivity index (χ3v) is 2.42. The van der Waals surface area contributed by atoms with Gasteiger partial charge in [0.05, 0.1) is 0 Å². The van der Waals surface area contributed by atoms with Crippen LogP contribution in [0, 0.1) is 0 Å². The molecular weight excluding hydrogens is 216 g/mol. The maximum absolute atomic E-state index is 11.3. The largest absolute Gasteiger partial charge is 0.398 e. The van der Waals surface area contributed by atoms with E-state index in [9.17, 15) is 4.79 Å². The van der Waals surface area contributed by atoms with Crippen molar-refractivity contribution in [2.75, 3.05) is 11.1 Å². The first-order valence-electron chi connectivity index (χ1n) is 5.23. The summed E-state index contributed by atoms with van der Waals surface area (Å²) in [5, 5.41) is 7.30. The molecule has 0 amide bonds. The standard InChI is InChI=1S/C12H14N4O/c1-8(17)10-7-9(3-4-11(10)13)14-12-5-6-16(2)15-12/h3-7H,13H2,1-2H3,(H,14,15). The number of aryl methyl sites for hydroxylation is 1. The summed E-state index contributed by atoms with van der Waals surface area (Å²) in [7, 11) is 1.84. The van der Waals surface area contributed by atoms with Crippen molar-refractivity contribution in [2.24, 2.45) is 7.05 Å². The van der Waals surface area contributed by atoms with E-state index < -0.39 is 0 Å². The second-order valence-electron chi connectivity index (χ2n) is 3.86. The first kappa shape index (κ1) is 11.2. The monoisotopic (exact) mass is 230 g/mol. The van der Waals surface area contributed by atoms with E-state index in [4.69, 9.17) is 5.73 Å². The number of rotatable bonds is 3. The molecule has 1 aromatic heterocycles. The Balaban J connectivity index is 2.28. The van der Waals surface area contributed by atoms with E-state index in [0.29, 0.717) is 11.3 Å². The minimum absolute atomic E-state index is 0.0489. The maximum Gasteiger partial charge on any atom is 0.161 e. The molecule has 0 aliphatic rings. The molecule has 0 fully saturated rings. The first-order valence-corrected chi connectivity index (χ1v) is 5.23. The molecule has 1 aromatic carbocycles. The Kier molecular flexibility index (Phi) is 2.82. The molecule has 0 bridgehead atoms. The van der Waals surface area contributed by atoms with Gasteiger partial charge >= 0.3 is 0 Å². The van der Waals surface area contributed by atoms with Gasteiger partial charge in [-0.3, -0.25) is 9.48 Å². The molecule has 1 heterocycles. The molecule has 5 nitrogen and oxygen atoms in total. The summed E-state index contributed by atoms with van der Waals surface area (Å²) >= 11 is 0. The molecule has 0 saturated carbocycles. The molecule has 0 spiro atoms. The SMILES string of the molecule is CC(=O)c1cc(Nc2ccn(C)n2)ccc1N. The molecule has 2 aromatic rings. The van der Waals surface area contributed by atoms with Gasteiger partial charge in [0.15, 0.2) is 11.6 Å². The molecule has 88 valence electrons. The molecule has 0 saturated heterocycles. The number of hydrogen-bond acceptors (Lipinski definition) is 4. The predicted octanol–water partition coefficient (Wildman–Crippen LogP) is 1.95. The summed E-state index contributed by atoms with van der Waals surface area (Å²) in [5.74, 6) is 0.680. The first-order chi connectivity index (χ1) is 8.06. The second kappa shape index (κ2) is 4.29. The minimum Gasteiger partial charge on any atom is -0.398 e. The lowest BCUT2D eigenvalue weighted by Crippen LogP contribution is -2.01. The van der Waals surface area contributed by atoms with Gasteiger partial charge in [0.25, 0.3) is 0 Å². The van der Waals surface area contributed by atoms with Crippen molar-refractivity contribution in [1.29, 1.82) is 0 Å². The van der Waals surface area contributed by atoms with Crippen molar-refractivity contribution in [3.63, 3.8) is 0 Å². The zero-order chi connectivity index (χ0) is 12.4. The third-order valence-electron chi connectivity index (χ3n) is 2.42. The molecule has 17 heavy (non-hydrogen) atoms. The van der Waals surface area contributed by atoms with Crippen LogP contribution in [0.25, 0.3) is 0 Å². The number of carbonyl (C=O) groups is 1. The summed E-state index contributed by atoms with van der Waals surface area (Å²) in [6.07, 6.45) is 1.84. The van der Waals surface area contributed by atoms with E-state index in [1.807, 2.05) is 25.4 Å². The van der Waals surface area contributed by atoms with Gasteiger partial charge in [-0.1, -0.05) is 0 Å². The Morgan fingerprint density at radius 1 is 1.41 bits per heavy atom. The van der Waals surface area contributed by atoms with E-state index in [2.05, 4.69) is 10.4 Å². The number of ketones is 1. The van der Waals surface area contributed by atoms with Crippen LogP contribution in [0.5, 0.6) is 0 Å². The molecule has 2 rings (SSSR count). The smallest absolute Gasteiger partial charge is 0.161 e. The highest BCUT2D eigenvalue weighted by atomic mass is 16.1. The van der Waals surface area contributed by atoms with Crippen LogP contribution >= 0.6 is 0 Å². The fourth-order valence-electron chi connectivity index (χ4n) is 1.57. The van der Waals surface area contributed by atoms with E-state index in [1.165, 1.54) is 6.92 Å². The van der Waals surface area contributed by atoms with Crippen molar-refractivity contribution in [2.45, 2.75) is 6.92 Å². The Hall–Kier alpha value is -2.30. The predicted molar refractivity (Wildman–Crippen MR) is 67.3 cm³/mol. The quantitative estimate of drug-likeness (QED) is 0.624. The van der Waals surface area contributed by atoms with Crippen molar-refractivity contribution in [3.8, 4) is 0 Å². The fraction of sp³-hybridized carbons (Fsp3) is 0.167. The molecule has 0 radical (unpaired) electrons. The molecule has 0 aliphatic heterocycles. The van der Waals surface area contributed by atoms with Gasteiger partial charge in [-0.05, 0) is 25.1 Å². The molecule has 3 N–H and O–H groups in total. The second-order valence-corrected chi connectivity index (χ2v) is 3.86. The lowest BCUT2D eigenvalue weighted by molar-refractivity contribution is 0.101. The van der Waals surface area contributed by atoms with Crippen LogP contribution in [0.3, 0.4) is 0 Å². The number of nitrogen functional groups attached to an aromatic ring is 1. The van der Waals surface area contributed by atoms with Gasteiger partial charge in [0.1, 0.15) is 0 Å². The van der Waals surface area contributed by atoms with Crippen LogP contribution < -0.4 is 11.1 Å². The number of nitrogens with one attached hydrogen (secondary N) is 1. The number of benzene rings is 1. The summed E-state index contributed by atoms with van der Waals surface area (Å²) < 4.78 is 1.70. The van der Waals surface area contributed by atoms with E-state index in [-0.39, 0.29) is 5.78 Å². The summed E-state index contributed by atoms with van der Waals surface area (Å²) in [5.41, 5.74) is 7.52. The van der Waals surface area contributed by atoms with Crippen molar-refractivity contribution < 1.29 is 4.79 Å². The lowest BCUT2D eigenvalue weighted by Gasteiger charge is -2.07. The zero-order valence-electron chi connectivity index (χ0n) is 9.77. The van der Waals surface area contributed by atoms with E-state index in [1.54, 1.807) is 16.8 Å². The number of carbonyl (C=O) groups excluding carboxylic acids is 1. The molecular formula is C12H14N4O. The van der Waals surface area contributed by atoms with Gasteiger partial charge in [-0.15, -0.1) is 0 Å². The Morgan fingerprint density at radius 2 is 2.18 bits per heavy atom. The van der Waals surface area contributed by atoms with Crippen molar-refractivity contribution >= 4 is 23.0 Å². The third kappa shape index (κ3) is 2.44. The van der Waals surface area contributed by atoms with Gasteiger partial charge < -0.3 is 11.1 Å². The molecule has 0 aliphatic carbocycles. The Morgan fingerprint density at radius 3 is 2.76 bits per heavy atom. The Bertz CT molecular complexity index is 559. The van der Waals surface area contributed by atoms with Crippen LogP contribution in [0.2, 0.25) is 0 Å². The number of Topliss-reactive ketones (excluding diaryl/α,β-unsaturated/α-hetero) is 1. The highest BCUT2D eigenvalue weighted by molar-refractivity contribution is 6.00. The van der Waals surface area contributed by atoms with Gasteiger partial charge in [-0.25, -0.2) is 0 Å². The number of anilines is 3. The summed E-state index contributed by atoms with van der Waals surface area (Å²) in [6, 6.07) is 7.11. The number of aromatic nitrogens is 2. The lowest BCUT2D eigenvalue weighted by atomic mass is 10.1. The maximum atomic E-state index is 11.3. The zero-order valence-corrected chi connectivity index (χ0v) is 9.77. The van der Waals surface area contributed by atoms with Crippen LogP contribution in [0.1, 0.15) is 17.3 Å². The highest BCUT2D eigenvalue weighted by Gasteiger charge is 2.06. The van der Waals surface area contributed by atoms with E-state index in [0.717, 1.165) is 11.5 Å². The number of nitrogens with two attached hydrogens (primary N) is 1. The van der Waals surface area contributed by atoms with Crippen LogP contribution in [0.15, 0.2) is 30.5 Å². The summed E-state index contributed by atoms with van der Waals surface area (Å²) in [6.45, 7) is 1.50. The average molecular weight is 230 g/mol. The summed E-state index contributed by atoms with van der Waals surface area (Å²) in [4.78, 5) is 11.3. The van der Waals surface area contributed by atoms with Crippen molar-refractivity contribution in [3.05, 3.63) is 36.0 Å². The number of nitrogens with zero attached hydrogens (tertiary/aromatic N) is 2. The number of hydrogen-bond donors (Lipinski definition) is 2. The molecule has 0 atom stereocenters. The average Bonchev–Trinajstić information content (AvgIpc) is 2.66. The molecule has 0 unspecified atom stereocenters. The van der Waals surface area contributed by atoms with Gasteiger partial charge in [0, 0.05) is 36.2 Å². The minimum atomic E-state index is -0.0489. The normalized spacial score (nSPS) is 10.2. The van der Waals surface area contributed by atoms with Crippen LogP contribution in [-0.4, -0.2) is 15.6 Å². The topological polar surface area (TPSA) is 72.9 Å². The van der Waals surface area contributed by atoms with Gasteiger partial charge in [0.2, 0.25) is 0 Å². The van der Waals surface area contributed by atoms with Gasteiger partial charge in [-0.2, -0.15) is 5.10 Å². The fourth-order valence-corrected chi connectivity index (χ4v) is 1.57. The van der Waals surface area contributed by atoms with Crippen LogP contribution in [0.4, 0.5) is 17.2 Å².